The number of aliphatic hydroxyl groups is 3. The molecule has 268 valence electrons. The highest BCUT2D eigenvalue weighted by Gasteiger charge is 2.48. The van der Waals surface area contributed by atoms with Crippen LogP contribution in [0, 0.1) is 11.8 Å². The number of halogens is 1. The highest BCUT2D eigenvalue weighted by molar-refractivity contribution is 5.36. The van der Waals surface area contributed by atoms with E-state index in [1.54, 1.807) is 12.1 Å². The number of hydrogen-bond acceptors (Lipinski definition) is 7. The van der Waals surface area contributed by atoms with Gasteiger partial charge in [0.2, 0.25) is 0 Å². The summed E-state index contributed by atoms with van der Waals surface area (Å²) in [5.41, 5.74) is 3.40. The van der Waals surface area contributed by atoms with Gasteiger partial charge in [0, 0.05) is 36.9 Å². The van der Waals surface area contributed by atoms with Crippen molar-refractivity contribution in [2.24, 2.45) is 11.8 Å². The number of phenols is 1. The number of rotatable bonds is 16. The van der Waals surface area contributed by atoms with Crippen molar-refractivity contribution in [3.63, 3.8) is 0 Å². The molecule has 0 amide bonds. The quantitative estimate of drug-likeness (QED) is 0.114. The van der Waals surface area contributed by atoms with E-state index in [2.05, 4.69) is 48.6 Å². The number of ether oxygens (including phenoxy) is 2. The van der Waals surface area contributed by atoms with Crippen molar-refractivity contribution >= 4 is 0 Å². The van der Waals surface area contributed by atoms with Gasteiger partial charge in [-0.25, -0.2) is 0 Å². The molecule has 4 atom stereocenters. The highest BCUT2D eigenvalue weighted by atomic mass is 79.9. The van der Waals surface area contributed by atoms with Gasteiger partial charge >= 0.3 is 0 Å². The second-order valence-electron chi connectivity index (χ2n) is 14.6. The summed E-state index contributed by atoms with van der Waals surface area (Å²) in [6.45, 7) is 8.17. The molecule has 4 fully saturated rings. The summed E-state index contributed by atoms with van der Waals surface area (Å²) in [7, 11) is 0. The van der Waals surface area contributed by atoms with Crippen LogP contribution in [0.3, 0.4) is 0 Å². The standard InChI is InChI=1S/C40H54N2O6.BrH/c1-29(41-24-38(45)33-15-16-37(44)34(23-33)26-43)31-13-11-30(12-14-31)27-47-22-21-42-19-17-32(18-20-42)39(25-42)48-28-40(46,36-9-5-6-10-36)35-7-3-2-4-8-35;/h2-4,7-8,11-16,23,29,32,36,38-39,41,43,45-46H,5-6,9-10,17-22,24-28H2,1H3;1H/t29-,32?,38-,39-,40+,42?;/m0./s1. The third-order valence-electron chi connectivity index (χ3n) is 11.6. The predicted molar refractivity (Wildman–Crippen MR) is 186 cm³/mol. The Kier molecular flexibility index (Phi) is 13.3. The topological polar surface area (TPSA) is 111 Å². The number of nitrogens with zero attached hydrogens (tertiary/aromatic N) is 1. The summed E-state index contributed by atoms with van der Waals surface area (Å²) in [5.74, 6) is 0.873. The van der Waals surface area contributed by atoms with Crippen molar-refractivity contribution in [1.82, 2.24) is 5.32 Å². The van der Waals surface area contributed by atoms with Crippen LogP contribution < -0.4 is 22.3 Å². The smallest absolute Gasteiger partial charge is 0.121 e. The second kappa shape index (κ2) is 17.2. The Bertz CT molecular complexity index is 1440. The summed E-state index contributed by atoms with van der Waals surface area (Å²) < 4.78 is 14.0. The summed E-state index contributed by atoms with van der Waals surface area (Å²) in [5, 5.41) is 45.2. The summed E-state index contributed by atoms with van der Waals surface area (Å²) in [6, 6.07) is 23.5. The van der Waals surface area contributed by atoms with Gasteiger partial charge in [0.1, 0.15) is 30.5 Å². The van der Waals surface area contributed by atoms with E-state index in [1.807, 2.05) is 18.2 Å². The van der Waals surface area contributed by atoms with Gasteiger partial charge in [0.15, 0.2) is 0 Å². The van der Waals surface area contributed by atoms with Gasteiger partial charge < -0.3 is 56.7 Å². The molecule has 9 heteroatoms. The minimum absolute atomic E-state index is 0. The summed E-state index contributed by atoms with van der Waals surface area (Å²) in [6.07, 6.45) is 6.31. The van der Waals surface area contributed by atoms with Gasteiger partial charge in [-0.05, 0) is 60.1 Å². The molecule has 5 N–H and O–H groups in total. The van der Waals surface area contributed by atoms with Gasteiger partial charge in [-0.3, -0.25) is 0 Å². The molecule has 7 rings (SSSR count). The minimum atomic E-state index is -0.915. The Morgan fingerprint density at radius 1 is 0.939 bits per heavy atom. The molecule has 3 saturated heterocycles. The Labute approximate surface area is 302 Å². The molecule has 0 unspecified atom stereocenters. The van der Waals surface area contributed by atoms with E-state index >= 15 is 0 Å². The first-order valence-electron chi connectivity index (χ1n) is 18.0. The third kappa shape index (κ3) is 9.13. The van der Waals surface area contributed by atoms with Crippen LogP contribution in [0.1, 0.15) is 85.4 Å². The van der Waals surface area contributed by atoms with E-state index in [9.17, 15) is 20.4 Å². The maximum absolute atomic E-state index is 12.0. The van der Waals surface area contributed by atoms with Crippen LogP contribution in [-0.4, -0.2) is 77.0 Å². The molecule has 0 radical (unpaired) electrons. The fourth-order valence-corrected chi connectivity index (χ4v) is 8.34. The zero-order valence-corrected chi connectivity index (χ0v) is 30.4. The molecular weight excluding hydrogens is 684 g/mol. The second-order valence-corrected chi connectivity index (χ2v) is 14.6. The molecule has 3 aromatic rings. The highest BCUT2D eigenvalue weighted by Crippen LogP contribution is 2.42. The average Bonchev–Trinajstić information content (AvgIpc) is 3.69. The number of quaternary nitrogens is 1. The normalized spacial score (nSPS) is 24.7. The van der Waals surface area contributed by atoms with Crippen molar-refractivity contribution in [2.75, 3.05) is 45.9 Å². The van der Waals surface area contributed by atoms with Crippen LogP contribution in [0.2, 0.25) is 0 Å². The number of aromatic hydroxyl groups is 1. The monoisotopic (exact) mass is 738 g/mol. The molecule has 49 heavy (non-hydrogen) atoms. The Hall–Kier alpha value is -2.34. The lowest BCUT2D eigenvalue weighted by molar-refractivity contribution is -0.946. The van der Waals surface area contributed by atoms with E-state index < -0.39 is 11.7 Å². The van der Waals surface area contributed by atoms with Gasteiger partial charge in [0.25, 0.3) is 0 Å². The maximum Gasteiger partial charge on any atom is 0.121 e. The van der Waals surface area contributed by atoms with Crippen LogP contribution in [0.15, 0.2) is 72.8 Å². The van der Waals surface area contributed by atoms with Gasteiger partial charge in [0.05, 0.1) is 45.6 Å². The summed E-state index contributed by atoms with van der Waals surface area (Å²) in [4.78, 5) is 0. The molecule has 1 aliphatic carbocycles. The van der Waals surface area contributed by atoms with Crippen LogP contribution in [0.4, 0.5) is 0 Å². The maximum atomic E-state index is 12.0. The number of benzene rings is 3. The van der Waals surface area contributed by atoms with Crippen LogP contribution in [0.25, 0.3) is 0 Å². The average molecular weight is 740 g/mol. The molecule has 3 heterocycles. The number of hydrogen-bond donors (Lipinski definition) is 5. The van der Waals surface area contributed by atoms with Crippen LogP contribution in [-0.2, 0) is 28.3 Å². The molecule has 3 aliphatic heterocycles. The van der Waals surface area contributed by atoms with Crippen molar-refractivity contribution in [1.29, 1.82) is 0 Å². The number of nitrogens with one attached hydrogen (secondary N) is 1. The first kappa shape index (κ1) is 37.9. The fraction of sp³-hybridized carbons (Fsp3) is 0.550. The largest absolute Gasteiger partial charge is 1.00 e. The van der Waals surface area contributed by atoms with E-state index in [0.717, 1.165) is 47.1 Å². The van der Waals surface area contributed by atoms with Crippen molar-refractivity contribution in [2.45, 2.75) is 82.5 Å². The lowest BCUT2D eigenvalue weighted by atomic mass is 9.80. The van der Waals surface area contributed by atoms with Gasteiger partial charge in [-0.2, -0.15) is 0 Å². The minimum Gasteiger partial charge on any atom is -1.00 e. The fourth-order valence-electron chi connectivity index (χ4n) is 8.34. The van der Waals surface area contributed by atoms with E-state index in [0.29, 0.717) is 43.4 Å². The molecule has 0 aromatic heterocycles. The first-order chi connectivity index (χ1) is 23.3. The molecule has 1 saturated carbocycles. The zero-order valence-electron chi connectivity index (χ0n) is 28.9. The van der Waals surface area contributed by atoms with Crippen molar-refractivity contribution in [3.05, 3.63) is 101 Å². The molecule has 2 bridgehead atoms. The number of fused-ring (bicyclic) bond motifs is 3. The zero-order chi connectivity index (χ0) is 33.6. The van der Waals surface area contributed by atoms with Crippen molar-refractivity contribution in [3.8, 4) is 5.75 Å². The first-order valence-corrected chi connectivity index (χ1v) is 18.0. The van der Waals surface area contributed by atoms with Crippen LogP contribution in [0.5, 0.6) is 5.75 Å². The number of piperidine rings is 3. The SMILES string of the molecule is C[C@H](NC[C@H](O)c1ccc(O)c(CO)c1)c1ccc(COCC[N+]23CCC(CC2)[C@@H](OC[C@@](O)(c2ccccc2)C2CCCC2)C3)cc1.[Br-]. The van der Waals surface area contributed by atoms with Gasteiger partial charge in [-0.1, -0.05) is 73.5 Å². The van der Waals surface area contributed by atoms with Crippen molar-refractivity contribution < 1.29 is 51.4 Å². The lowest BCUT2D eigenvalue weighted by Gasteiger charge is -2.52. The molecule has 4 aliphatic rings. The predicted octanol–water partition coefficient (Wildman–Crippen LogP) is 2.49. The lowest BCUT2D eigenvalue weighted by Crippen LogP contribution is -3.00. The molecule has 3 aromatic carbocycles. The van der Waals surface area contributed by atoms with E-state index in [4.69, 9.17) is 9.47 Å². The third-order valence-corrected chi connectivity index (χ3v) is 11.6. The Morgan fingerprint density at radius 3 is 2.33 bits per heavy atom. The molecular formula is C40H55BrN2O6. The van der Waals surface area contributed by atoms with Gasteiger partial charge in [-0.15, -0.1) is 0 Å². The number of aliphatic hydroxyl groups excluding tert-OH is 2. The molecule has 8 nitrogen and oxygen atoms in total. The summed E-state index contributed by atoms with van der Waals surface area (Å²) >= 11 is 0. The Morgan fingerprint density at radius 2 is 1.63 bits per heavy atom. The van der Waals surface area contributed by atoms with E-state index in [1.165, 1.54) is 44.8 Å². The Balaban J connectivity index is 0.00000468. The van der Waals surface area contributed by atoms with Crippen LogP contribution >= 0.6 is 0 Å². The van der Waals surface area contributed by atoms with E-state index in [-0.39, 0.29) is 47.4 Å². The molecule has 0 spiro atoms.